The molecule has 4 nitrogen and oxygen atoms in total. The molecule has 0 aromatic heterocycles. The zero-order valence-corrected chi connectivity index (χ0v) is 7.92. The summed E-state index contributed by atoms with van der Waals surface area (Å²) in [6.07, 6.45) is 0.593. The lowest BCUT2D eigenvalue weighted by Gasteiger charge is -2.09. The van der Waals surface area contributed by atoms with Crippen LogP contribution in [0.1, 0.15) is 13.3 Å². The van der Waals surface area contributed by atoms with Gasteiger partial charge in [-0.1, -0.05) is 0 Å². The van der Waals surface area contributed by atoms with E-state index in [9.17, 15) is 4.79 Å². The molecule has 0 amide bonds. The molecular formula is C8H17NO3. The molecule has 4 heteroatoms. The van der Waals surface area contributed by atoms with Crippen molar-refractivity contribution in [2.24, 2.45) is 0 Å². The van der Waals surface area contributed by atoms with Gasteiger partial charge in [-0.05, 0) is 6.92 Å². The molecule has 0 aromatic rings. The van der Waals surface area contributed by atoms with E-state index >= 15 is 0 Å². The van der Waals surface area contributed by atoms with Gasteiger partial charge in [0, 0.05) is 20.2 Å². The zero-order chi connectivity index (χ0) is 9.40. The first-order valence-corrected chi connectivity index (χ1v) is 4.01. The number of methoxy groups -OCH3 is 2. The average Bonchev–Trinajstić information content (AvgIpc) is 2.11. The first kappa shape index (κ1) is 11.4. The van der Waals surface area contributed by atoms with Crippen molar-refractivity contribution in [1.82, 2.24) is 5.32 Å². The van der Waals surface area contributed by atoms with E-state index in [1.165, 1.54) is 7.11 Å². The lowest BCUT2D eigenvalue weighted by Crippen LogP contribution is -2.28. The van der Waals surface area contributed by atoms with Crippen LogP contribution in [0.15, 0.2) is 0 Å². The molecule has 12 heavy (non-hydrogen) atoms. The molecular weight excluding hydrogens is 158 g/mol. The summed E-state index contributed by atoms with van der Waals surface area (Å²) in [5.74, 6) is -0.187. The summed E-state index contributed by atoms with van der Waals surface area (Å²) in [5, 5.41) is 3.08. The molecule has 0 rings (SSSR count). The second-order valence-corrected chi connectivity index (χ2v) is 2.58. The monoisotopic (exact) mass is 175 g/mol. The van der Waals surface area contributed by atoms with Crippen molar-refractivity contribution in [3.63, 3.8) is 0 Å². The highest BCUT2D eigenvalue weighted by molar-refractivity contribution is 5.69. The predicted octanol–water partition coefficient (Wildman–Crippen LogP) is 0.174. The molecule has 0 saturated heterocycles. The molecule has 0 saturated carbocycles. The van der Waals surface area contributed by atoms with Crippen LogP contribution in [0, 0.1) is 0 Å². The van der Waals surface area contributed by atoms with Crippen molar-refractivity contribution in [3.8, 4) is 0 Å². The maximum atomic E-state index is 10.6. The molecule has 1 atom stereocenters. The van der Waals surface area contributed by atoms with Crippen molar-refractivity contribution in [2.45, 2.75) is 19.4 Å². The first-order valence-electron chi connectivity index (χ1n) is 4.01. The third kappa shape index (κ3) is 6.12. The van der Waals surface area contributed by atoms with E-state index in [1.807, 2.05) is 6.92 Å². The smallest absolute Gasteiger partial charge is 0.306 e. The van der Waals surface area contributed by atoms with Gasteiger partial charge in [0.1, 0.15) is 0 Å². The van der Waals surface area contributed by atoms with Gasteiger partial charge in [-0.2, -0.15) is 0 Å². The second kappa shape index (κ2) is 7.06. The van der Waals surface area contributed by atoms with Gasteiger partial charge >= 0.3 is 5.97 Å². The van der Waals surface area contributed by atoms with Crippen LogP contribution in [0.4, 0.5) is 0 Å². The van der Waals surface area contributed by atoms with Crippen LogP contribution in [-0.2, 0) is 14.3 Å². The topological polar surface area (TPSA) is 47.6 Å². The quantitative estimate of drug-likeness (QED) is 0.462. The molecule has 0 fully saturated rings. The minimum absolute atomic E-state index is 0.183. The molecule has 1 N–H and O–H groups in total. The summed E-state index contributed by atoms with van der Waals surface area (Å²) >= 11 is 0. The molecule has 0 aromatic carbocycles. The van der Waals surface area contributed by atoms with Gasteiger partial charge in [0.05, 0.1) is 19.6 Å². The lowest BCUT2D eigenvalue weighted by molar-refractivity contribution is -0.140. The van der Waals surface area contributed by atoms with E-state index in [0.717, 1.165) is 6.54 Å². The van der Waals surface area contributed by atoms with Crippen LogP contribution in [0.3, 0.4) is 0 Å². The average molecular weight is 175 g/mol. The van der Waals surface area contributed by atoms with Crippen molar-refractivity contribution in [3.05, 3.63) is 0 Å². The maximum absolute atomic E-state index is 10.6. The maximum Gasteiger partial charge on any atom is 0.306 e. The summed E-state index contributed by atoms with van der Waals surface area (Å²) in [6, 6.07) is 0. The predicted molar refractivity (Wildman–Crippen MR) is 46.0 cm³/mol. The van der Waals surface area contributed by atoms with Crippen molar-refractivity contribution >= 4 is 5.97 Å². The Balaban J connectivity index is 3.15. The lowest BCUT2D eigenvalue weighted by atomic mass is 10.3. The Labute approximate surface area is 73.2 Å². The van der Waals surface area contributed by atoms with E-state index in [2.05, 4.69) is 10.1 Å². The van der Waals surface area contributed by atoms with Crippen molar-refractivity contribution in [1.29, 1.82) is 0 Å². The molecule has 1 unspecified atom stereocenters. The molecule has 0 aliphatic rings. The van der Waals surface area contributed by atoms with Crippen LogP contribution in [0.5, 0.6) is 0 Å². The Bertz CT molecular complexity index is 127. The Hall–Kier alpha value is -0.610. The fourth-order valence-corrected chi connectivity index (χ4v) is 0.681. The van der Waals surface area contributed by atoms with Gasteiger partial charge < -0.3 is 14.8 Å². The van der Waals surface area contributed by atoms with E-state index in [1.54, 1.807) is 7.11 Å². The van der Waals surface area contributed by atoms with Crippen LogP contribution in [0.2, 0.25) is 0 Å². The number of carbonyl (C=O) groups is 1. The fraction of sp³-hybridized carbons (Fsp3) is 0.875. The number of ether oxygens (including phenoxy) is 2. The zero-order valence-electron chi connectivity index (χ0n) is 7.92. The summed E-state index contributed by atoms with van der Waals surface area (Å²) in [7, 11) is 3.05. The molecule has 0 bridgehead atoms. The Morgan fingerprint density at radius 3 is 2.67 bits per heavy atom. The number of hydrogen-bond acceptors (Lipinski definition) is 4. The number of esters is 1. The Kier molecular flexibility index (Phi) is 6.70. The molecule has 72 valence electrons. The summed E-state index contributed by atoms with van der Waals surface area (Å²) in [4.78, 5) is 10.6. The van der Waals surface area contributed by atoms with E-state index < -0.39 is 0 Å². The van der Waals surface area contributed by atoms with Crippen LogP contribution in [-0.4, -0.2) is 39.4 Å². The molecule has 0 spiro atoms. The van der Waals surface area contributed by atoms with Gasteiger partial charge in [0.2, 0.25) is 0 Å². The van der Waals surface area contributed by atoms with Crippen LogP contribution >= 0.6 is 0 Å². The second-order valence-electron chi connectivity index (χ2n) is 2.58. The SMILES string of the molecule is COC(=O)CCNCC(C)OC. The standard InChI is InChI=1S/C8H17NO3/c1-7(11-2)6-9-5-4-8(10)12-3/h7,9H,4-6H2,1-3H3. The van der Waals surface area contributed by atoms with Gasteiger partial charge in [-0.3, -0.25) is 4.79 Å². The Morgan fingerprint density at radius 2 is 2.17 bits per heavy atom. The first-order chi connectivity index (χ1) is 5.70. The third-order valence-electron chi connectivity index (χ3n) is 1.57. The summed E-state index contributed by atoms with van der Waals surface area (Å²) in [5.41, 5.74) is 0. The van der Waals surface area contributed by atoms with E-state index in [-0.39, 0.29) is 12.1 Å². The molecule has 0 radical (unpaired) electrons. The van der Waals surface area contributed by atoms with E-state index in [0.29, 0.717) is 13.0 Å². The highest BCUT2D eigenvalue weighted by Crippen LogP contribution is 1.85. The van der Waals surface area contributed by atoms with Gasteiger partial charge in [0.15, 0.2) is 0 Å². The molecule has 0 heterocycles. The van der Waals surface area contributed by atoms with E-state index in [4.69, 9.17) is 4.74 Å². The number of hydrogen-bond donors (Lipinski definition) is 1. The summed E-state index contributed by atoms with van der Waals surface area (Å²) < 4.78 is 9.48. The normalized spacial score (nSPS) is 12.6. The van der Waals surface area contributed by atoms with Gasteiger partial charge in [-0.15, -0.1) is 0 Å². The minimum Gasteiger partial charge on any atom is -0.469 e. The molecule has 0 aliphatic carbocycles. The highest BCUT2D eigenvalue weighted by atomic mass is 16.5. The number of carbonyl (C=O) groups excluding carboxylic acids is 1. The largest absolute Gasteiger partial charge is 0.469 e. The van der Waals surface area contributed by atoms with Gasteiger partial charge in [0.25, 0.3) is 0 Å². The van der Waals surface area contributed by atoms with Crippen LogP contribution in [0.25, 0.3) is 0 Å². The van der Waals surface area contributed by atoms with Crippen molar-refractivity contribution in [2.75, 3.05) is 27.3 Å². The fourth-order valence-electron chi connectivity index (χ4n) is 0.681. The minimum atomic E-state index is -0.187. The number of rotatable bonds is 6. The van der Waals surface area contributed by atoms with Crippen LogP contribution < -0.4 is 5.32 Å². The Morgan fingerprint density at radius 1 is 1.50 bits per heavy atom. The summed E-state index contributed by atoms with van der Waals surface area (Å²) in [6.45, 7) is 3.36. The number of nitrogens with one attached hydrogen (secondary N) is 1. The molecule has 0 aliphatic heterocycles. The van der Waals surface area contributed by atoms with Crippen molar-refractivity contribution < 1.29 is 14.3 Å². The third-order valence-corrected chi connectivity index (χ3v) is 1.57. The van der Waals surface area contributed by atoms with Gasteiger partial charge in [-0.25, -0.2) is 0 Å². The highest BCUT2D eigenvalue weighted by Gasteiger charge is 2.00.